The van der Waals surface area contributed by atoms with Crippen molar-refractivity contribution in [1.82, 2.24) is 20.2 Å². The molecule has 10 heteroatoms. The number of amides is 2. The zero-order valence-corrected chi connectivity index (χ0v) is 16.1. The van der Waals surface area contributed by atoms with E-state index in [4.69, 9.17) is 11.6 Å². The van der Waals surface area contributed by atoms with Crippen molar-refractivity contribution in [3.05, 3.63) is 59.4 Å². The molecule has 2 N–H and O–H groups in total. The van der Waals surface area contributed by atoms with Crippen LogP contribution in [-0.2, 0) is 4.79 Å². The SMILES string of the molecule is O=C1CCN(c2cc(C(=O)Nc3cccc(-n4cnnc4S)c3)ccc2Cl)N1. The van der Waals surface area contributed by atoms with E-state index < -0.39 is 0 Å². The first-order valence-corrected chi connectivity index (χ1v) is 9.21. The van der Waals surface area contributed by atoms with Crippen molar-refractivity contribution in [3.63, 3.8) is 0 Å². The van der Waals surface area contributed by atoms with Crippen molar-refractivity contribution >= 4 is 47.4 Å². The summed E-state index contributed by atoms with van der Waals surface area (Å²) in [4.78, 5) is 24.2. The quantitative estimate of drug-likeness (QED) is 0.571. The molecule has 0 radical (unpaired) electrons. The van der Waals surface area contributed by atoms with Crippen molar-refractivity contribution in [2.45, 2.75) is 11.6 Å². The topological polar surface area (TPSA) is 92.2 Å². The van der Waals surface area contributed by atoms with E-state index in [2.05, 4.69) is 33.6 Å². The number of nitrogens with one attached hydrogen (secondary N) is 2. The van der Waals surface area contributed by atoms with Gasteiger partial charge in [-0.3, -0.25) is 24.6 Å². The number of hydrogen-bond acceptors (Lipinski definition) is 6. The maximum Gasteiger partial charge on any atom is 0.255 e. The van der Waals surface area contributed by atoms with Crippen LogP contribution in [0.1, 0.15) is 16.8 Å². The number of carbonyl (C=O) groups excluding carboxylic acids is 2. The Morgan fingerprint density at radius 1 is 1.25 bits per heavy atom. The third kappa shape index (κ3) is 3.67. The van der Waals surface area contributed by atoms with Crippen LogP contribution in [0.2, 0.25) is 5.02 Å². The molecule has 1 aromatic heterocycles. The molecule has 4 rings (SSSR count). The molecule has 1 aliphatic heterocycles. The Kier molecular flexibility index (Phi) is 4.93. The highest BCUT2D eigenvalue weighted by molar-refractivity contribution is 7.80. The van der Waals surface area contributed by atoms with Crippen LogP contribution in [0, 0.1) is 0 Å². The highest BCUT2D eigenvalue weighted by Gasteiger charge is 2.22. The first-order valence-electron chi connectivity index (χ1n) is 8.38. The summed E-state index contributed by atoms with van der Waals surface area (Å²) in [7, 11) is 0. The fraction of sp³-hybridized carbons (Fsp3) is 0.111. The monoisotopic (exact) mass is 414 g/mol. The highest BCUT2D eigenvalue weighted by atomic mass is 35.5. The summed E-state index contributed by atoms with van der Waals surface area (Å²) < 4.78 is 1.69. The molecule has 28 heavy (non-hydrogen) atoms. The third-order valence-electron chi connectivity index (χ3n) is 4.23. The second kappa shape index (κ2) is 7.53. The fourth-order valence-corrected chi connectivity index (χ4v) is 3.30. The molecule has 1 aliphatic rings. The van der Waals surface area contributed by atoms with Gasteiger partial charge in [0.05, 0.1) is 16.4 Å². The van der Waals surface area contributed by atoms with Crippen LogP contribution >= 0.6 is 24.2 Å². The van der Waals surface area contributed by atoms with Crippen LogP contribution in [0.25, 0.3) is 5.69 Å². The summed E-state index contributed by atoms with van der Waals surface area (Å²) in [6, 6.07) is 12.2. The minimum absolute atomic E-state index is 0.0831. The molecule has 0 atom stereocenters. The number of aromatic nitrogens is 3. The molecular weight excluding hydrogens is 400 g/mol. The lowest BCUT2D eigenvalue weighted by molar-refractivity contribution is -0.119. The van der Waals surface area contributed by atoms with E-state index in [0.29, 0.717) is 40.1 Å². The normalized spacial score (nSPS) is 13.5. The van der Waals surface area contributed by atoms with Gasteiger partial charge in [0.25, 0.3) is 5.91 Å². The maximum absolute atomic E-state index is 12.7. The van der Waals surface area contributed by atoms with Crippen molar-refractivity contribution in [1.29, 1.82) is 0 Å². The van der Waals surface area contributed by atoms with Gasteiger partial charge in [-0.1, -0.05) is 17.7 Å². The summed E-state index contributed by atoms with van der Waals surface area (Å²) >= 11 is 10.5. The lowest BCUT2D eigenvalue weighted by atomic mass is 10.1. The lowest BCUT2D eigenvalue weighted by Crippen LogP contribution is -2.33. The second-order valence-electron chi connectivity index (χ2n) is 6.11. The molecule has 2 aromatic carbocycles. The molecule has 8 nitrogen and oxygen atoms in total. The molecule has 0 unspecified atom stereocenters. The average molecular weight is 415 g/mol. The second-order valence-corrected chi connectivity index (χ2v) is 6.92. The van der Waals surface area contributed by atoms with Gasteiger partial charge in [0, 0.05) is 24.2 Å². The average Bonchev–Trinajstić information content (AvgIpc) is 3.30. The Balaban J connectivity index is 1.56. The van der Waals surface area contributed by atoms with Gasteiger partial charge < -0.3 is 5.32 Å². The zero-order valence-electron chi connectivity index (χ0n) is 14.5. The van der Waals surface area contributed by atoms with Crippen LogP contribution in [-0.4, -0.2) is 33.1 Å². The van der Waals surface area contributed by atoms with Gasteiger partial charge in [-0.2, -0.15) is 0 Å². The number of halogens is 1. The van der Waals surface area contributed by atoms with Crippen LogP contribution in [0.3, 0.4) is 0 Å². The van der Waals surface area contributed by atoms with Crippen LogP contribution in [0.15, 0.2) is 53.9 Å². The van der Waals surface area contributed by atoms with Crippen molar-refractivity contribution < 1.29 is 9.59 Å². The van der Waals surface area contributed by atoms with Gasteiger partial charge in [-0.05, 0) is 36.4 Å². The fourth-order valence-electron chi connectivity index (χ4n) is 2.86. The predicted molar refractivity (Wildman–Crippen MR) is 108 cm³/mol. The standard InChI is InChI=1S/C18H15ClN6O2S/c19-14-5-4-11(8-15(14)25-7-6-16(26)23-25)17(27)21-12-2-1-3-13(9-12)24-10-20-22-18(24)28/h1-5,8-10H,6-7H2,(H,21,27)(H,22,28)(H,23,26). The molecule has 2 heterocycles. The molecule has 1 fully saturated rings. The highest BCUT2D eigenvalue weighted by Crippen LogP contribution is 2.28. The van der Waals surface area contributed by atoms with Gasteiger partial charge in [-0.25, -0.2) is 0 Å². The largest absolute Gasteiger partial charge is 0.322 e. The van der Waals surface area contributed by atoms with Gasteiger partial charge in [0.15, 0.2) is 5.16 Å². The molecule has 1 saturated heterocycles. The maximum atomic E-state index is 12.7. The van der Waals surface area contributed by atoms with Crippen molar-refractivity contribution in [2.75, 3.05) is 16.9 Å². The molecule has 2 amide bonds. The van der Waals surface area contributed by atoms with E-state index in [1.165, 1.54) is 0 Å². The number of hydrogen-bond donors (Lipinski definition) is 3. The minimum Gasteiger partial charge on any atom is -0.322 e. The van der Waals surface area contributed by atoms with E-state index in [9.17, 15) is 9.59 Å². The molecule has 142 valence electrons. The lowest BCUT2D eigenvalue weighted by Gasteiger charge is -2.19. The van der Waals surface area contributed by atoms with E-state index in [1.54, 1.807) is 46.2 Å². The summed E-state index contributed by atoms with van der Waals surface area (Å²) in [5.41, 5.74) is 5.09. The molecule has 0 bridgehead atoms. The number of thiol groups is 1. The Morgan fingerprint density at radius 2 is 2.11 bits per heavy atom. The van der Waals surface area contributed by atoms with Crippen LogP contribution in [0.5, 0.6) is 0 Å². The van der Waals surface area contributed by atoms with E-state index in [0.717, 1.165) is 5.69 Å². The number of carbonyl (C=O) groups is 2. The van der Waals surface area contributed by atoms with Gasteiger partial charge in [-0.15, -0.1) is 22.8 Å². The Bertz CT molecular complexity index is 1070. The van der Waals surface area contributed by atoms with Crippen LogP contribution in [0.4, 0.5) is 11.4 Å². The van der Waals surface area contributed by atoms with E-state index >= 15 is 0 Å². The van der Waals surface area contributed by atoms with E-state index in [-0.39, 0.29) is 11.8 Å². The molecular formula is C18H15ClN6O2S. The Morgan fingerprint density at radius 3 is 2.82 bits per heavy atom. The number of hydrazine groups is 1. The molecule has 0 spiro atoms. The van der Waals surface area contributed by atoms with Gasteiger partial charge in [0.2, 0.25) is 5.91 Å². The predicted octanol–water partition coefficient (Wildman–Crippen LogP) is 2.70. The number of rotatable bonds is 4. The number of anilines is 2. The molecule has 0 saturated carbocycles. The number of benzene rings is 2. The first kappa shape index (κ1) is 18.3. The third-order valence-corrected chi connectivity index (χ3v) is 4.86. The first-order chi connectivity index (χ1) is 13.5. The number of nitrogens with zero attached hydrogens (tertiary/aromatic N) is 4. The van der Waals surface area contributed by atoms with E-state index in [1.807, 2.05) is 12.1 Å². The Hall–Kier alpha value is -3.04. The summed E-state index contributed by atoms with van der Waals surface area (Å²) in [5, 5.41) is 13.0. The van der Waals surface area contributed by atoms with Gasteiger partial charge in [0.1, 0.15) is 6.33 Å². The van der Waals surface area contributed by atoms with Crippen LogP contribution < -0.4 is 15.8 Å². The molecule has 0 aliphatic carbocycles. The summed E-state index contributed by atoms with van der Waals surface area (Å²) in [6.07, 6.45) is 1.93. The van der Waals surface area contributed by atoms with Gasteiger partial charge >= 0.3 is 0 Å². The minimum atomic E-state index is -0.296. The summed E-state index contributed by atoms with van der Waals surface area (Å²) in [5.74, 6) is -0.379. The molecule has 3 aromatic rings. The zero-order chi connectivity index (χ0) is 19.7. The smallest absolute Gasteiger partial charge is 0.255 e. The Labute approximate surface area is 170 Å². The van der Waals surface area contributed by atoms with Crippen molar-refractivity contribution in [3.8, 4) is 5.69 Å². The van der Waals surface area contributed by atoms with Crippen molar-refractivity contribution in [2.24, 2.45) is 0 Å². The summed E-state index contributed by atoms with van der Waals surface area (Å²) in [6.45, 7) is 0.497.